The molecule has 0 aromatic heterocycles. The maximum Gasteiger partial charge on any atom is 0.179 e. The molecule has 0 atom stereocenters. The molecular formula is C13H21NO3S. The number of hydrogen-bond donors (Lipinski definition) is 1. The van der Waals surface area contributed by atoms with E-state index < -0.39 is 9.84 Å². The normalized spacial score (nSPS) is 11.9. The van der Waals surface area contributed by atoms with E-state index in [1.165, 1.54) is 0 Å². The van der Waals surface area contributed by atoms with Gasteiger partial charge in [-0.15, -0.1) is 0 Å². The number of aryl methyl sites for hydroxylation is 1. The standard InChI is InChI=1S/C13H21NO3S/c1-9(2)11-8-13(18(15,16)6-5-14)10(3)7-12(11)17-4/h7-9H,5-6,14H2,1-4H3. The maximum absolute atomic E-state index is 12.1. The monoisotopic (exact) mass is 271 g/mol. The van der Waals surface area contributed by atoms with E-state index in [9.17, 15) is 8.42 Å². The van der Waals surface area contributed by atoms with Crippen LogP contribution in [0.2, 0.25) is 0 Å². The van der Waals surface area contributed by atoms with Crippen LogP contribution in [0.15, 0.2) is 17.0 Å². The summed E-state index contributed by atoms with van der Waals surface area (Å²) in [5, 5.41) is 0. The van der Waals surface area contributed by atoms with E-state index in [1.54, 1.807) is 26.2 Å². The Morgan fingerprint density at radius 2 is 1.94 bits per heavy atom. The second-order valence-electron chi connectivity index (χ2n) is 4.62. The average Bonchev–Trinajstić information content (AvgIpc) is 2.27. The van der Waals surface area contributed by atoms with Gasteiger partial charge in [-0.25, -0.2) is 8.42 Å². The zero-order valence-electron chi connectivity index (χ0n) is 11.4. The van der Waals surface area contributed by atoms with E-state index >= 15 is 0 Å². The van der Waals surface area contributed by atoms with Gasteiger partial charge in [-0.1, -0.05) is 13.8 Å². The molecule has 0 aliphatic rings. The Bertz CT molecular complexity index is 521. The average molecular weight is 271 g/mol. The molecule has 0 saturated heterocycles. The lowest BCUT2D eigenvalue weighted by atomic mass is 10.0. The van der Waals surface area contributed by atoms with Crippen LogP contribution < -0.4 is 10.5 Å². The van der Waals surface area contributed by atoms with E-state index in [0.29, 0.717) is 10.5 Å². The molecule has 2 N–H and O–H groups in total. The SMILES string of the molecule is COc1cc(C)c(S(=O)(=O)CCN)cc1C(C)C. The maximum atomic E-state index is 12.1. The fourth-order valence-corrected chi connectivity index (χ4v) is 3.29. The lowest BCUT2D eigenvalue weighted by Gasteiger charge is -2.16. The van der Waals surface area contributed by atoms with Crippen LogP contribution in [0.3, 0.4) is 0 Å². The minimum Gasteiger partial charge on any atom is -0.496 e. The van der Waals surface area contributed by atoms with Gasteiger partial charge in [0, 0.05) is 6.54 Å². The van der Waals surface area contributed by atoms with Gasteiger partial charge in [0.15, 0.2) is 9.84 Å². The van der Waals surface area contributed by atoms with E-state index in [1.807, 2.05) is 13.8 Å². The zero-order valence-corrected chi connectivity index (χ0v) is 12.2. The van der Waals surface area contributed by atoms with Crippen molar-refractivity contribution in [2.45, 2.75) is 31.6 Å². The third-order valence-corrected chi connectivity index (χ3v) is 4.75. The van der Waals surface area contributed by atoms with E-state index in [-0.39, 0.29) is 18.2 Å². The Hall–Kier alpha value is -1.07. The summed E-state index contributed by atoms with van der Waals surface area (Å²) in [6, 6.07) is 3.49. The number of sulfone groups is 1. The number of hydrogen-bond acceptors (Lipinski definition) is 4. The fraction of sp³-hybridized carbons (Fsp3) is 0.538. The lowest BCUT2D eigenvalue weighted by Crippen LogP contribution is -2.17. The van der Waals surface area contributed by atoms with Crippen molar-refractivity contribution in [3.63, 3.8) is 0 Å². The summed E-state index contributed by atoms with van der Waals surface area (Å²) in [7, 11) is -1.71. The van der Waals surface area contributed by atoms with Crippen LogP contribution in [-0.4, -0.2) is 27.8 Å². The largest absolute Gasteiger partial charge is 0.496 e. The topological polar surface area (TPSA) is 69.4 Å². The third-order valence-electron chi connectivity index (χ3n) is 2.87. The summed E-state index contributed by atoms with van der Waals surface area (Å²) in [5.74, 6) is 0.902. The molecule has 102 valence electrons. The lowest BCUT2D eigenvalue weighted by molar-refractivity contribution is 0.406. The van der Waals surface area contributed by atoms with Gasteiger partial charge in [0.2, 0.25) is 0 Å². The summed E-state index contributed by atoms with van der Waals surface area (Å²) in [6.45, 7) is 5.92. The molecule has 4 nitrogen and oxygen atoms in total. The Morgan fingerprint density at radius 3 is 2.39 bits per heavy atom. The first-order valence-corrected chi connectivity index (χ1v) is 7.60. The van der Waals surface area contributed by atoms with Gasteiger partial charge in [-0.05, 0) is 36.1 Å². The highest BCUT2D eigenvalue weighted by molar-refractivity contribution is 7.91. The van der Waals surface area contributed by atoms with Gasteiger partial charge in [-0.3, -0.25) is 0 Å². The van der Waals surface area contributed by atoms with Crippen LogP contribution in [0.1, 0.15) is 30.9 Å². The quantitative estimate of drug-likeness (QED) is 0.887. The summed E-state index contributed by atoms with van der Waals surface area (Å²) >= 11 is 0. The molecule has 1 aromatic carbocycles. The highest BCUT2D eigenvalue weighted by atomic mass is 32.2. The predicted molar refractivity (Wildman–Crippen MR) is 72.9 cm³/mol. The smallest absolute Gasteiger partial charge is 0.179 e. The molecule has 0 aliphatic carbocycles. The number of methoxy groups -OCH3 is 1. The van der Waals surface area contributed by atoms with Crippen LogP contribution in [0, 0.1) is 6.92 Å². The second-order valence-corrected chi connectivity index (χ2v) is 6.70. The summed E-state index contributed by atoms with van der Waals surface area (Å²) in [6.07, 6.45) is 0. The predicted octanol–water partition coefficient (Wildman–Crippen LogP) is 1.86. The highest BCUT2D eigenvalue weighted by Gasteiger charge is 2.20. The van der Waals surface area contributed by atoms with Gasteiger partial charge in [-0.2, -0.15) is 0 Å². The molecule has 0 radical (unpaired) electrons. The molecule has 0 unspecified atom stereocenters. The van der Waals surface area contributed by atoms with Crippen LogP contribution in [0.4, 0.5) is 0 Å². The molecule has 18 heavy (non-hydrogen) atoms. The van der Waals surface area contributed by atoms with Crippen molar-refractivity contribution in [2.75, 3.05) is 19.4 Å². The van der Waals surface area contributed by atoms with Gasteiger partial charge in [0.05, 0.1) is 17.8 Å². The Kier molecular flexibility index (Phi) is 4.76. The van der Waals surface area contributed by atoms with Crippen molar-refractivity contribution in [3.8, 4) is 5.75 Å². The number of ether oxygens (including phenoxy) is 1. The number of benzene rings is 1. The molecule has 0 fully saturated rings. The molecule has 0 spiro atoms. The van der Waals surface area contributed by atoms with Crippen molar-refractivity contribution >= 4 is 9.84 Å². The van der Waals surface area contributed by atoms with Gasteiger partial charge >= 0.3 is 0 Å². The van der Waals surface area contributed by atoms with Crippen LogP contribution in [-0.2, 0) is 9.84 Å². The summed E-state index contributed by atoms with van der Waals surface area (Å²) < 4.78 is 29.5. The van der Waals surface area contributed by atoms with E-state index in [2.05, 4.69) is 0 Å². The molecule has 0 heterocycles. The molecule has 5 heteroatoms. The number of nitrogens with two attached hydrogens (primary N) is 1. The molecule has 1 aromatic rings. The van der Waals surface area contributed by atoms with Crippen molar-refractivity contribution in [2.24, 2.45) is 5.73 Å². The first-order valence-electron chi connectivity index (χ1n) is 5.94. The number of rotatable bonds is 5. The highest BCUT2D eigenvalue weighted by Crippen LogP contribution is 2.31. The molecule has 1 rings (SSSR count). The molecule has 0 bridgehead atoms. The minimum absolute atomic E-state index is 0.0301. The van der Waals surface area contributed by atoms with Crippen LogP contribution >= 0.6 is 0 Å². The third kappa shape index (κ3) is 3.03. The molecular weight excluding hydrogens is 250 g/mol. The van der Waals surface area contributed by atoms with Gasteiger partial charge < -0.3 is 10.5 Å². The Balaban J connectivity index is 3.43. The minimum atomic E-state index is -3.30. The molecule has 0 amide bonds. The van der Waals surface area contributed by atoms with Gasteiger partial charge in [0.25, 0.3) is 0 Å². The van der Waals surface area contributed by atoms with Gasteiger partial charge in [0.1, 0.15) is 5.75 Å². The molecule has 0 saturated carbocycles. The van der Waals surface area contributed by atoms with Crippen molar-refractivity contribution in [1.29, 1.82) is 0 Å². The van der Waals surface area contributed by atoms with Crippen LogP contribution in [0.25, 0.3) is 0 Å². The summed E-state index contributed by atoms with van der Waals surface area (Å²) in [5.41, 5.74) is 6.95. The summed E-state index contributed by atoms with van der Waals surface area (Å²) in [4.78, 5) is 0.359. The zero-order chi connectivity index (χ0) is 13.9. The van der Waals surface area contributed by atoms with Crippen molar-refractivity contribution in [3.05, 3.63) is 23.3 Å². The first-order chi connectivity index (χ1) is 8.33. The second kappa shape index (κ2) is 5.71. The van der Waals surface area contributed by atoms with Crippen molar-refractivity contribution < 1.29 is 13.2 Å². The van der Waals surface area contributed by atoms with E-state index in [4.69, 9.17) is 10.5 Å². The first kappa shape index (κ1) is 15.0. The van der Waals surface area contributed by atoms with Crippen molar-refractivity contribution in [1.82, 2.24) is 0 Å². The Labute approximate surface area is 109 Å². The Morgan fingerprint density at radius 1 is 1.33 bits per heavy atom. The molecule has 0 aliphatic heterocycles. The van der Waals surface area contributed by atoms with E-state index in [0.717, 1.165) is 11.3 Å². The fourth-order valence-electron chi connectivity index (χ4n) is 1.91. The van der Waals surface area contributed by atoms with Crippen LogP contribution in [0.5, 0.6) is 5.75 Å².